The molecule has 0 radical (unpaired) electrons. The minimum atomic E-state index is -0.754. The maximum atomic E-state index is 11.6. The van der Waals surface area contributed by atoms with Gasteiger partial charge in [-0.25, -0.2) is 4.79 Å². The van der Waals surface area contributed by atoms with Crippen molar-refractivity contribution < 1.29 is 47.5 Å². The third-order valence-corrected chi connectivity index (χ3v) is 6.18. The molecule has 0 unspecified atom stereocenters. The van der Waals surface area contributed by atoms with Crippen molar-refractivity contribution in [1.82, 2.24) is 0 Å². The molecule has 0 aliphatic carbocycles. The van der Waals surface area contributed by atoms with Crippen molar-refractivity contribution in [2.45, 2.75) is 25.6 Å². The van der Waals surface area contributed by atoms with Gasteiger partial charge in [-0.15, -0.1) is 0 Å². The van der Waals surface area contributed by atoms with Crippen LogP contribution in [0.2, 0.25) is 0 Å². The first-order valence-corrected chi connectivity index (χ1v) is 13.1. The molecule has 10 heteroatoms. The summed E-state index contributed by atoms with van der Waals surface area (Å²) in [6.07, 6.45) is 1.77. The third-order valence-electron chi connectivity index (χ3n) is 6.18. The van der Waals surface area contributed by atoms with E-state index in [0.717, 1.165) is 0 Å². The van der Waals surface area contributed by atoms with Crippen LogP contribution in [0.1, 0.15) is 30.6 Å². The summed E-state index contributed by atoms with van der Waals surface area (Å²) in [6.45, 7) is 1.43. The van der Waals surface area contributed by atoms with Gasteiger partial charge in [0.15, 0.2) is 40.6 Å². The van der Waals surface area contributed by atoms with Crippen molar-refractivity contribution in [1.29, 1.82) is 0 Å². The maximum Gasteiger partial charge on any atom is 0.330 e. The second-order valence-corrected chi connectivity index (χ2v) is 8.86. The minimum Gasteiger partial charge on any atom is -0.493 e. The van der Waals surface area contributed by atoms with E-state index in [1.54, 1.807) is 69.9 Å². The number of hydrogen-bond donors (Lipinski definition) is 0. The molecule has 0 saturated carbocycles. The Labute approximate surface area is 245 Å². The van der Waals surface area contributed by atoms with Gasteiger partial charge in [0.2, 0.25) is 0 Å². The van der Waals surface area contributed by atoms with Crippen LogP contribution in [-0.4, -0.2) is 60.2 Å². The summed E-state index contributed by atoms with van der Waals surface area (Å²) in [5.74, 6) is 1.99. The van der Waals surface area contributed by atoms with Crippen LogP contribution in [0.4, 0.5) is 0 Å². The first-order chi connectivity index (χ1) is 20.3. The van der Waals surface area contributed by atoms with E-state index in [1.165, 1.54) is 27.2 Å². The van der Waals surface area contributed by atoms with E-state index in [9.17, 15) is 9.59 Å². The maximum absolute atomic E-state index is 11.6. The fraction of sp³-hybridized carbons (Fsp3) is 0.312. The standard InChI is InChI=1S/C32H36O10/c1-21(33)40-18-17-28(41-26-10-8-7-9-24(26)35-2)32(23-13-15-25(36-3)30(20-23)38-5)42-27-14-11-22(19-29(27)37-4)12-16-31(34)39-6/h7-16,19-20,28,32H,17-18H2,1-6H3/b16-12+/t28-,32-/m1/s1. The van der Waals surface area contributed by atoms with Crippen LogP contribution in [0, 0.1) is 0 Å². The minimum absolute atomic E-state index is 0.0801. The van der Waals surface area contributed by atoms with Crippen LogP contribution in [0.5, 0.6) is 34.5 Å². The number of carbonyl (C=O) groups is 2. The zero-order valence-corrected chi connectivity index (χ0v) is 24.6. The summed E-state index contributed by atoms with van der Waals surface area (Å²) < 4.78 is 45.2. The quantitative estimate of drug-likeness (QED) is 0.171. The topological polar surface area (TPSA) is 108 Å². The first kappa shape index (κ1) is 31.7. The number of carbonyl (C=O) groups excluding carboxylic acids is 2. The molecule has 3 aromatic rings. The van der Waals surface area contributed by atoms with Crippen molar-refractivity contribution in [2.24, 2.45) is 0 Å². The number of esters is 2. The zero-order chi connectivity index (χ0) is 30.5. The van der Waals surface area contributed by atoms with Gasteiger partial charge in [0, 0.05) is 25.0 Å². The fourth-order valence-corrected chi connectivity index (χ4v) is 4.11. The Bertz CT molecular complexity index is 1370. The second-order valence-electron chi connectivity index (χ2n) is 8.86. The highest BCUT2D eigenvalue weighted by Gasteiger charge is 2.30. The summed E-state index contributed by atoms with van der Waals surface area (Å²) >= 11 is 0. The van der Waals surface area contributed by atoms with Gasteiger partial charge in [-0.2, -0.15) is 0 Å². The van der Waals surface area contributed by atoms with Crippen molar-refractivity contribution in [3.63, 3.8) is 0 Å². The van der Waals surface area contributed by atoms with Crippen molar-refractivity contribution in [3.8, 4) is 34.5 Å². The van der Waals surface area contributed by atoms with Crippen LogP contribution in [-0.2, 0) is 19.1 Å². The highest BCUT2D eigenvalue weighted by atomic mass is 16.6. The zero-order valence-electron chi connectivity index (χ0n) is 24.6. The van der Waals surface area contributed by atoms with Crippen LogP contribution in [0.25, 0.3) is 6.08 Å². The van der Waals surface area contributed by atoms with Gasteiger partial charge in [-0.3, -0.25) is 4.79 Å². The Morgan fingerprint density at radius 2 is 1.31 bits per heavy atom. The lowest BCUT2D eigenvalue weighted by Gasteiger charge is -2.30. The van der Waals surface area contributed by atoms with Crippen molar-refractivity contribution in [3.05, 3.63) is 77.9 Å². The smallest absolute Gasteiger partial charge is 0.330 e. The predicted molar refractivity (Wildman–Crippen MR) is 156 cm³/mol. The molecule has 0 spiro atoms. The lowest BCUT2D eigenvalue weighted by Crippen LogP contribution is -2.31. The van der Waals surface area contributed by atoms with Gasteiger partial charge in [0.1, 0.15) is 6.10 Å². The second kappa shape index (κ2) is 15.8. The summed E-state index contributed by atoms with van der Waals surface area (Å²) in [5, 5.41) is 0. The predicted octanol–water partition coefficient (Wildman–Crippen LogP) is 5.43. The SMILES string of the molecule is COC(=O)/C=C/c1ccc(O[C@H](c2ccc(OC)c(OC)c2)[C@@H](CCOC(C)=O)Oc2ccccc2OC)c(OC)c1. The molecule has 0 aliphatic rings. The molecule has 0 amide bonds. The van der Waals surface area contributed by atoms with Crippen molar-refractivity contribution in [2.75, 3.05) is 42.2 Å². The fourth-order valence-electron chi connectivity index (χ4n) is 4.11. The molecule has 0 N–H and O–H groups in total. The van der Waals surface area contributed by atoms with E-state index >= 15 is 0 Å². The van der Waals surface area contributed by atoms with Gasteiger partial charge in [-0.1, -0.05) is 24.3 Å². The number of benzene rings is 3. The molecular weight excluding hydrogens is 544 g/mol. The van der Waals surface area contributed by atoms with Gasteiger partial charge >= 0.3 is 11.9 Å². The molecule has 0 heterocycles. The largest absolute Gasteiger partial charge is 0.493 e. The van der Waals surface area contributed by atoms with Crippen LogP contribution < -0.4 is 28.4 Å². The van der Waals surface area contributed by atoms with E-state index in [1.807, 2.05) is 18.2 Å². The normalized spacial score (nSPS) is 12.1. The molecule has 2 atom stereocenters. The van der Waals surface area contributed by atoms with Crippen LogP contribution >= 0.6 is 0 Å². The average molecular weight is 581 g/mol. The van der Waals surface area contributed by atoms with Crippen LogP contribution in [0.15, 0.2) is 66.7 Å². The molecule has 3 aromatic carbocycles. The molecule has 3 rings (SSSR count). The number of methoxy groups -OCH3 is 5. The molecule has 10 nitrogen and oxygen atoms in total. The molecule has 0 fully saturated rings. The summed E-state index contributed by atoms with van der Waals surface area (Å²) in [6, 6.07) is 17.9. The van der Waals surface area contributed by atoms with E-state index in [-0.39, 0.29) is 13.0 Å². The van der Waals surface area contributed by atoms with Gasteiger partial charge < -0.3 is 37.9 Å². The van der Waals surface area contributed by atoms with E-state index in [4.69, 9.17) is 33.2 Å². The Kier molecular flexibility index (Phi) is 11.9. The van der Waals surface area contributed by atoms with E-state index in [0.29, 0.717) is 45.6 Å². The highest BCUT2D eigenvalue weighted by molar-refractivity contribution is 5.87. The van der Waals surface area contributed by atoms with E-state index in [2.05, 4.69) is 4.74 Å². The highest BCUT2D eigenvalue weighted by Crippen LogP contribution is 2.39. The number of rotatable bonds is 15. The lowest BCUT2D eigenvalue weighted by molar-refractivity contribution is -0.142. The number of para-hydroxylation sites is 2. The third kappa shape index (κ3) is 8.57. The Morgan fingerprint density at radius 3 is 1.95 bits per heavy atom. The Morgan fingerprint density at radius 1 is 0.714 bits per heavy atom. The summed E-state index contributed by atoms with van der Waals surface area (Å²) in [7, 11) is 7.48. The molecule has 224 valence electrons. The Balaban J connectivity index is 2.10. The molecule has 0 aromatic heterocycles. The number of hydrogen-bond acceptors (Lipinski definition) is 10. The Hall–Kier alpha value is -4.86. The molecule has 0 aliphatic heterocycles. The molecular formula is C32H36O10. The molecule has 0 bridgehead atoms. The lowest BCUT2D eigenvalue weighted by atomic mass is 10.0. The average Bonchev–Trinajstić information content (AvgIpc) is 3.01. The first-order valence-electron chi connectivity index (χ1n) is 13.1. The van der Waals surface area contributed by atoms with Crippen LogP contribution in [0.3, 0.4) is 0 Å². The van der Waals surface area contributed by atoms with Crippen molar-refractivity contribution >= 4 is 18.0 Å². The van der Waals surface area contributed by atoms with E-state index < -0.39 is 24.1 Å². The number of ether oxygens (including phenoxy) is 8. The molecule has 42 heavy (non-hydrogen) atoms. The molecule has 0 saturated heterocycles. The summed E-state index contributed by atoms with van der Waals surface area (Å²) in [5.41, 5.74) is 1.40. The monoisotopic (exact) mass is 580 g/mol. The van der Waals surface area contributed by atoms with Gasteiger partial charge in [0.05, 0.1) is 42.2 Å². The summed E-state index contributed by atoms with van der Waals surface area (Å²) in [4.78, 5) is 23.2. The van der Waals surface area contributed by atoms with Gasteiger partial charge in [-0.05, 0) is 48.0 Å². The van der Waals surface area contributed by atoms with Gasteiger partial charge in [0.25, 0.3) is 0 Å².